The van der Waals surface area contributed by atoms with E-state index >= 15 is 0 Å². The highest BCUT2D eigenvalue weighted by Gasteiger charge is 2.37. The number of rotatable bonds is 4. The summed E-state index contributed by atoms with van der Waals surface area (Å²) in [7, 11) is 5.57. The molecule has 0 N–H and O–H groups in total. The Kier molecular flexibility index (Phi) is 4.24. The third kappa shape index (κ3) is 2.55. The average Bonchev–Trinajstić information content (AvgIpc) is 2.01. The summed E-state index contributed by atoms with van der Waals surface area (Å²) in [5.41, 5.74) is 0.373. The van der Waals surface area contributed by atoms with Gasteiger partial charge < -0.3 is 13.8 Å². The van der Waals surface area contributed by atoms with Gasteiger partial charge in [-0.1, -0.05) is 0 Å². The molecule has 0 spiro atoms. The highest BCUT2D eigenvalue weighted by Crippen LogP contribution is 2.13. The van der Waals surface area contributed by atoms with Crippen molar-refractivity contribution in [2.45, 2.75) is 19.1 Å². The van der Waals surface area contributed by atoms with Crippen molar-refractivity contribution in [2.24, 2.45) is 0 Å². The first-order valence-corrected chi connectivity index (χ1v) is 6.14. The molecule has 1 atom stereocenters. The Morgan fingerprint density at radius 2 is 1.55 bits per heavy atom. The molecule has 0 bridgehead atoms. The van der Waals surface area contributed by atoms with E-state index in [0.717, 1.165) is 0 Å². The van der Waals surface area contributed by atoms with Crippen molar-refractivity contribution in [3.63, 3.8) is 0 Å². The summed E-state index contributed by atoms with van der Waals surface area (Å²) >= 11 is 0. The van der Waals surface area contributed by atoms with Crippen LogP contribution < -0.4 is 0 Å². The molecule has 0 fully saturated rings. The Morgan fingerprint density at radius 3 is 1.64 bits per heavy atom. The van der Waals surface area contributed by atoms with Gasteiger partial charge in [-0.15, -0.1) is 0 Å². The van der Waals surface area contributed by atoms with Crippen LogP contribution in [0.3, 0.4) is 0 Å². The molecule has 4 heteroatoms. The minimum absolute atomic E-state index is 0.373. The van der Waals surface area contributed by atoms with Crippen LogP contribution >= 0.6 is 0 Å². The smallest absolute Gasteiger partial charge is 0.351 e. The highest BCUT2D eigenvalue weighted by molar-refractivity contribution is 6.67. The van der Waals surface area contributed by atoms with E-state index in [1.807, 2.05) is 14.1 Å². The maximum Gasteiger partial charge on any atom is 0.351 e. The van der Waals surface area contributed by atoms with Gasteiger partial charge >= 0.3 is 8.56 Å². The second kappa shape index (κ2) is 4.20. The Morgan fingerprint density at radius 1 is 1.18 bits per heavy atom. The fourth-order valence-electron chi connectivity index (χ4n) is 0.893. The summed E-state index contributed by atoms with van der Waals surface area (Å²) in [6.07, 6.45) is 0. The minimum atomic E-state index is -1.94. The highest BCUT2D eigenvalue weighted by atomic mass is 28.4. The van der Waals surface area contributed by atoms with E-state index in [-0.39, 0.29) is 0 Å². The first-order valence-electron chi connectivity index (χ1n) is 3.74. The molecule has 1 unspecified atom stereocenters. The van der Waals surface area contributed by atoms with Crippen LogP contribution in [0.15, 0.2) is 0 Å². The van der Waals surface area contributed by atoms with Gasteiger partial charge in [-0.2, -0.15) is 0 Å². The molecule has 0 saturated heterocycles. The maximum atomic E-state index is 5.39. The summed E-state index contributed by atoms with van der Waals surface area (Å²) in [5, 5.41) is 0. The fourth-order valence-corrected chi connectivity index (χ4v) is 2.68. The van der Waals surface area contributed by atoms with E-state index in [9.17, 15) is 0 Å². The van der Waals surface area contributed by atoms with Gasteiger partial charge in [0.1, 0.15) is 0 Å². The van der Waals surface area contributed by atoms with Gasteiger partial charge in [0, 0.05) is 19.9 Å². The van der Waals surface area contributed by atoms with Gasteiger partial charge in [0.2, 0.25) is 0 Å². The van der Waals surface area contributed by atoms with Gasteiger partial charge in [0.15, 0.2) is 0 Å². The maximum absolute atomic E-state index is 5.39. The van der Waals surface area contributed by atoms with E-state index in [1.54, 1.807) is 14.2 Å². The van der Waals surface area contributed by atoms with Gasteiger partial charge in [-0.05, 0) is 27.6 Å². The van der Waals surface area contributed by atoms with Crippen LogP contribution in [0.2, 0.25) is 6.55 Å². The molecule has 11 heavy (non-hydrogen) atoms. The molecule has 0 aliphatic rings. The van der Waals surface area contributed by atoms with Gasteiger partial charge in [0.05, 0.1) is 0 Å². The summed E-state index contributed by atoms with van der Waals surface area (Å²) in [5.74, 6) is 0. The second-order valence-corrected chi connectivity index (χ2v) is 6.75. The number of nitrogens with zero attached hydrogens (tertiary/aromatic N) is 1. The summed E-state index contributed by atoms with van der Waals surface area (Å²) < 4.78 is 10.8. The van der Waals surface area contributed by atoms with Gasteiger partial charge in [-0.3, -0.25) is 0 Å². The standard InChI is InChI=1S/C7H19NO2Si/c1-7(8(2)3)11(6,9-4)10-5/h7H,1-6H3. The van der Waals surface area contributed by atoms with Crippen LogP contribution in [0.5, 0.6) is 0 Å². The van der Waals surface area contributed by atoms with Crippen LogP contribution in [0.4, 0.5) is 0 Å². The van der Waals surface area contributed by atoms with E-state index in [4.69, 9.17) is 8.85 Å². The molecule has 3 nitrogen and oxygen atoms in total. The summed E-state index contributed by atoms with van der Waals surface area (Å²) in [6, 6.07) is 0. The molecular formula is C7H19NO2Si. The molecule has 0 aliphatic heterocycles. The Labute approximate surface area is 70.5 Å². The largest absolute Gasteiger partial charge is 0.397 e. The van der Waals surface area contributed by atoms with Crippen molar-refractivity contribution < 1.29 is 8.85 Å². The van der Waals surface area contributed by atoms with Crippen molar-refractivity contribution in [3.05, 3.63) is 0 Å². The zero-order valence-corrected chi connectivity index (χ0v) is 9.34. The predicted octanol–water partition coefficient (Wildman–Crippen LogP) is 0.840. The zero-order chi connectivity index (χ0) is 9.07. The lowest BCUT2D eigenvalue weighted by atomic mass is 10.7. The lowest BCUT2D eigenvalue weighted by molar-refractivity contribution is 0.203. The van der Waals surface area contributed by atoms with E-state index in [0.29, 0.717) is 5.67 Å². The van der Waals surface area contributed by atoms with Crippen LogP contribution in [0.25, 0.3) is 0 Å². The van der Waals surface area contributed by atoms with Crippen LogP contribution in [-0.2, 0) is 8.85 Å². The Hall–Kier alpha value is 0.0969. The molecular weight excluding hydrogens is 158 g/mol. The molecule has 0 aromatic rings. The Bertz CT molecular complexity index is 115. The second-order valence-electron chi connectivity index (χ2n) is 3.06. The van der Waals surface area contributed by atoms with Gasteiger partial charge in [-0.25, -0.2) is 0 Å². The lowest BCUT2D eigenvalue weighted by Gasteiger charge is -2.33. The summed E-state index contributed by atoms with van der Waals surface area (Å²) in [4.78, 5) is 2.12. The van der Waals surface area contributed by atoms with Crippen molar-refractivity contribution in [3.8, 4) is 0 Å². The third-order valence-electron chi connectivity index (χ3n) is 2.34. The predicted molar refractivity (Wildman–Crippen MR) is 48.8 cm³/mol. The quantitative estimate of drug-likeness (QED) is 0.594. The minimum Gasteiger partial charge on any atom is -0.397 e. The summed E-state index contributed by atoms with van der Waals surface area (Å²) in [6.45, 7) is 4.19. The third-order valence-corrected chi connectivity index (χ3v) is 6.00. The first kappa shape index (κ1) is 11.1. The topological polar surface area (TPSA) is 21.7 Å². The fraction of sp³-hybridized carbons (Fsp3) is 1.00. The lowest BCUT2D eigenvalue weighted by Crippen LogP contribution is -2.54. The van der Waals surface area contributed by atoms with E-state index in [1.165, 1.54) is 0 Å². The van der Waals surface area contributed by atoms with Crippen molar-refractivity contribution in [1.82, 2.24) is 4.90 Å². The molecule has 68 valence electrons. The monoisotopic (exact) mass is 177 g/mol. The average molecular weight is 177 g/mol. The molecule has 0 radical (unpaired) electrons. The molecule has 0 amide bonds. The normalized spacial score (nSPS) is 15.5. The molecule has 0 rings (SSSR count). The molecule has 0 aromatic carbocycles. The van der Waals surface area contributed by atoms with Crippen molar-refractivity contribution >= 4 is 8.56 Å². The Balaban J connectivity index is 4.24. The van der Waals surface area contributed by atoms with E-state index < -0.39 is 8.56 Å². The molecule has 0 aliphatic carbocycles. The SMILES string of the molecule is CO[Si](C)(OC)C(C)N(C)C. The van der Waals surface area contributed by atoms with Crippen LogP contribution in [0, 0.1) is 0 Å². The molecule has 0 heterocycles. The number of hydrogen-bond donors (Lipinski definition) is 0. The molecule has 0 saturated carbocycles. The first-order chi connectivity index (χ1) is 4.98. The van der Waals surface area contributed by atoms with Gasteiger partial charge in [0.25, 0.3) is 0 Å². The van der Waals surface area contributed by atoms with Crippen molar-refractivity contribution in [2.75, 3.05) is 28.3 Å². The van der Waals surface area contributed by atoms with Crippen LogP contribution in [0.1, 0.15) is 6.92 Å². The van der Waals surface area contributed by atoms with Crippen molar-refractivity contribution in [1.29, 1.82) is 0 Å². The number of hydrogen-bond acceptors (Lipinski definition) is 3. The van der Waals surface area contributed by atoms with Crippen LogP contribution in [-0.4, -0.2) is 47.4 Å². The van der Waals surface area contributed by atoms with E-state index in [2.05, 4.69) is 18.4 Å². The zero-order valence-electron chi connectivity index (χ0n) is 8.34. The molecule has 0 aromatic heterocycles.